The molecule has 12 heavy (non-hydrogen) atoms. The van der Waals surface area contributed by atoms with Gasteiger partial charge in [-0.05, 0) is 12.1 Å². The number of rotatable bonds is 2. The largest absolute Gasteiger partial charge is 0.755 e. The Hall–Kier alpha value is -1.38. The van der Waals surface area contributed by atoms with E-state index in [4.69, 9.17) is 5.26 Å². The monoisotopic (exact) mass is 181 g/mol. The number of hydrogen-bond acceptors (Lipinski definition) is 3. The van der Waals surface area contributed by atoms with E-state index in [1.807, 2.05) is 6.07 Å². The zero-order valence-corrected chi connectivity index (χ0v) is 6.80. The lowest BCUT2D eigenvalue weighted by atomic mass is 10.2. The highest BCUT2D eigenvalue weighted by molar-refractivity contribution is 7.80. The van der Waals surface area contributed by atoms with Crippen molar-refractivity contribution in [1.82, 2.24) is 0 Å². The molecule has 0 bridgehead atoms. The van der Waals surface area contributed by atoms with Crippen LogP contribution in [0.3, 0.4) is 0 Å². The third-order valence-corrected chi connectivity index (χ3v) is 1.63. The van der Waals surface area contributed by atoms with E-state index in [9.17, 15) is 8.76 Å². The molecule has 0 radical (unpaired) electrons. The van der Waals surface area contributed by atoms with Gasteiger partial charge in [-0.25, -0.2) is 0 Å². The van der Waals surface area contributed by atoms with Gasteiger partial charge in [0, 0.05) is 11.3 Å². The number of benzene rings is 1. The normalized spacial score (nSPS) is 11.7. The molecule has 0 aliphatic rings. The fourth-order valence-corrected chi connectivity index (χ4v) is 1.12. The Kier molecular flexibility index (Phi) is 2.80. The molecule has 1 unspecified atom stereocenters. The van der Waals surface area contributed by atoms with Crippen LogP contribution in [0.2, 0.25) is 0 Å². The lowest BCUT2D eigenvalue weighted by molar-refractivity contribution is 0.542. The van der Waals surface area contributed by atoms with Gasteiger partial charge < -0.3 is 9.27 Å². The third-order valence-electron chi connectivity index (χ3n) is 1.24. The molecule has 0 amide bonds. The number of nitrogens with zero attached hydrogens (tertiary/aromatic N) is 1. The van der Waals surface area contributed by atoms with Crippen LogP contribution < -0.4 is 4.72 Å². The van der Waals surface area contributed by atoms with Gasteiger partial charge in [-0.3, -0.25) is 4.21 Å². The van der Waals surface area contributed by atoms with Gasteiger partial charge in [-0.1, -0.05) is 12.1 Å². The summed E-state index contributed by atoms with van der Waals surface area (Å²) in [5.74, 6) is 0. The molecule has 0 fully saturated rings. The molecule has 0 saturated heterocycles. The Morgan fingerprint density at radius 1 is 1.50 bits per heavy atom. The van der Waals surface area contributed by atoms with E-state index >= 15 is 0 Å². The van der Waals surface area contributed by atoms with Crippen molar-refractivity contribution in [2.24, 2.45) is 0 Å². The molecular formula is C7H5N2O2S-. The van der Waals surface area contributed by atoms with E-state index in [1.54, 1.807) is 12.1 Å². The van der Waals surface area contributed by atoms with Crippen LogP contribution in [-0.4, -0.2) is 8.76 Å². The zero-order chi connectivity index (χ0) is 8.97. The average Bonchev–Trinajstić information content (AvgIpc) is 2.04. The van der Waals surface area contributed by atoms with Crippen LogP contribution in [-0.2, 0) is 11.3 Å². The quantitative estimate of drug-likeness (QED) is 0.684. The van der Waals surface area contributed by atoms with Crippen molar-refractivity contribution in [3.05, 3.63) is 29.8 Å². The van der Waals surface area contributed by atoms with Crippen molar-refractivity contribution < 1.29 is 8.76 Å². The SMILES string of the molecule is N#Cc1ccccc1NS(=O)[O-]. The van der Waals surface area contributed by atoms with E-state index in [0.717, 1.165) is 0 Å². The molecule has 5 heteroatoms. The molecule has 0 aromatic heterocycles. The Balaban J connectivity index is 2.99. The number of anilines is 1. The molecule has 62 valence electrons. The van der Waals surface area contributed by atoms with Gasteiger partial charge in [0.25, 0.3) is 0 Å². The number of hydrogen-bond donors (Lipinski definition) is 1. The molecule has 1 rings (SSSR count). The Bertz CT molecular complexity index is 346. The summed E-state index contributed by atoms with van der Waals surface area (Å²) in [7, 11) is 0. The highest BCUT2D eigenvalue weighted by atomic mass is 32.2. The van der Waals surface area contributed by atoms with Gasteiger partial charge in [-0.15, -0.1) is 0 Å². The van der Waals surface area contributed by atoms with Crippen LogP contribution in [0.5, 0.6) is 0 Å². The molecule has 0 heterocycles. The van der Waals surface area contributed by atoms with Crippen molar-refractivity contribution in [2.45, 2.75) is 0 Å². The smallest absolute Gasteiger partial charge is 0.101 e. The van der Waals surface area contributed by atoms with Gasteiger partial charge in [0.1, 0.15) is 6.07 Å². The highest BCUT2D eigenvalue weighted by Crippen LogP contribution is 2.13. The van der Waals surface area contributed by atoms with E-state index in [1.165, 1.54) is 12.1 Å². The zero-order valence-electron chi connectivity index (χ0n) is 5.98. The first-order valence-corrected chi connectivity index (χ1v) is 4.16. The summed E-state index contributed by atoms with van der Waals surface area (Å²) in [4.78, 5) is 0. The summed E-state index contributed by atoms with van der Waals surface area (Å²) in [6.45, 7) is 0. The van der Waals surface area contributed by atoms with Crippen molar-refractivity contribution >= 4 is 17.0 Å². The first kappa shape index (κ1) is 8.71. The van der Waals surface area contributed by atoms with Crippen molar-refractivity contribution in [3.63, 3.8) is 0 Å². The first-order valence-electron chi connectivity index (χ1n) is 3.09. The number of para-hydroxylation sites is 1. The molecule has 4 nitrogen and oxygen atoms in total. The van der Waals surface area contributed by atoms with Crippen LogP contribution in [0.1, 0.15) is 5.56 Å². The van der Waals surface area contributed by atoms with E-state index in [2.05, 4.69) is 4.72 Å². The van der Waals surface area contributed by atoms with Crippen molar-refractivity contribution in [3.8, 4) is 6.07 Å². The minimum absolute atomic E-state index is 0.299. The fourth-order valence-electron chi connectivity index (χ4n) is 0.759. The van der Waals surface area contributed by atoms with Crippen LogP contribution in [0.15, 0.2) is 24.3 Å². The van der Waals surface area contributed by atoms with Gasteiger partial charge in [0.2, 0.25) is 0 Å². The van der Waals surface area contributed by atoms with Gasteiger partial charge in [0.15, 0.2) is 0 Å². The maximum Gasteiger partial charge on any atom is 0.101 e. The molecule has 0 aliphatic carbocycles. The molecule has 0 saturated carbocycles. The second-order valence-electron chi connectivity index (χ2n) is 1.99. The molecular weight excluding hydrogens is 176 g/mol. The summed E-state index contributed by atoms with van der Waals surface area (Å²) in [6, 6.07) is 8.24. The molecule has 0 spiro atoms. The van der Waals surface area contributed by atoms with Crippen molar-refractivity contribution in [1.29, 1.82) is 5.26 Å². The average molecular weight is 181 g/mol. The second kappa shape index (κ2) is 3.85. The Morgan fingerprint density at radius 2 is 2.17 bits per heavy atom. The van der Waals surface area contributed by atoms with Crippen LogP contribution in [0.4, 0.5) is 5.69 Å². The predicted octanol–water partition coefficient (Wildman–Crippen LogP) is 0.764. The van der Waals surface area contributed by atoms with Crippen molar-refractivity contribution in [2.75, 3.05) is 4.72 Å². The molecule has 1 atom stereocenters. The van der Waals surface area contributed by atoms with E-state index in [-0.39, 0.29) is 0 Å². The minimum atomic E-state index is -2.38. The summed E-state index contributed by atoms with van der Waals surface area (Å²) >= 11 is -2.38. The van der Waals surface area contributed by atoms with Crippen LogP contribution in [0, 0.1) is 11.3 Å². The fraction of sp³-hybridized carbons (Fsp3) is 0. The van der Waals surface area contributed by atoms with Crippen LogP contribution in [0.25, 0.3) is 0 Å². The van der Waals surface area contributed by atoms with Gasteiger partial charge in [-0.2, -0.15) is 5.26 Å². The van der Waals surface area contributed by atoms with Gasteiger partial charge in [0.05, 0.1) is 11.3 Å². The van der Waals surface area contributed by atoms with E-state index in [0.29, 0.717) is 11.3 Å². The van der Waals surface area contributed by atoms with E-state index < -0.39 is 11.3 Å². The maximum absolute atomic E-state index is 10.2. The predicted molar refractivity (Wildman–Crippen MR) is 43.7 cm³/mol. The van der Waals surface area contributed by atoms with Crippen LogP contribution >= 0.6 is 0 Å². The standard InChI is InChI=1S/C7H6N2O2S/c8-5-6-3-1-2-4-7(6)9-12(10)11/h1-4,9H,(H,10,11)/p-1. The lowest BCUT2D eigenvalue weighted by Crippen LogP contribution is -2.03. The molecule has 1 aromatic rings. The Morgan fingerprint density at radius 3 is 2.75 bits per heavy atom. The summed E-state index contributed by atoms with van der Waals surface area (Å²) in [6.07, 6.45) is 0. The van der Waals surface area contributed by atoms with Gasteiger partial charge >= 0.3 is 0 Å². The molecule has 0 aliphatic heterocycles. The minimum Gasteiger partial charge on any atom is -0.755 e. The Labute approximate surface area is 72.3 Å². The second-order valence-corrected chi connectivity index (χ2v) is 2.67. The first-order chi connectivity index (χ1) is 5.74. The highest BCUT2D eigenvalue weighted by Gasteiger charge is 1.97. The summed E-state index contributed by atoms with van der Waals surface area (Å²) < 4.78 is 22.6. The maximum atomic E-state index is 10.2. The third kappa shape index (κ3) is 2.05. The lowest BCUT2D eigenvalue weighted by Gasteiger charge is -2.08. The summed E-state index contributed by atoms with van der Waals surface area (Å²) in [5, 5.41) is 8.54. The number of nitrogens with one attached hydrogen (secondary N) is 1. The molecule has 1 N–H and O–H groups in total. The number of nitriles is 1. The topological polar surface area (TPSA) is 76.0 Å². The molecule has 1 aromatic carbocycles. The summed E-state index contributed by atoms with van der Waals surface area (Å²) in [5.41, 5.74) is 0.607.